The molecule has 7 nitrogen and oxygen atoms in total. The highest BCUT2D eigenvalue weighted by Gasteiger charge is 2.49. The Morgan fingerprint density at radius 1 is 0.949 bits per heavy atom. The molecular formula is C22H20F8N2O5S2. The van der Waals surface area contributed by atoms with Gasteiger partial charge in [0.2, 0.25) is 14.8 Å². The Morgan fingerprint density at radius 3 is 1.97 bits per heavy atom. The summed E-state index contributed by atoms with van der Waals surface area (Å²) in [5.41, 5.74) is -3.88. The highest BCUT2D eigenvalue weighted by atomic mass is 32.2. The maximum atomic E-state index is 15.6. The lowest BCUT2D eigenvalue weighted by Crippen LogP contribution is -2.46. The van der Waals surface area contributed by atoms with Crippen molar-refractivity contribution in [1.82, 2.24) is 9.88 Å². The molecule has 0 bridgehead atoms. The van der Waals surface area contributed by atoms with E-state index in [0.717, 1.165) is 11.9 Å². The molecule has 1 aromatic carbocycles. The summed E-state index contributed by atoms with van der Waals surface area (Å²) < 4.78 is 158. The van der Waals surface area contributed by atoms with E-state index in [1.54, 1.807) is 0 Å². The van der Waals surface area contributed by atoms with Crippen LogP contribution in [0.15, 0.2) is 40.3 Å². The Kier molecular flexibility index (Phi) is 7.86. The molecule has 1 fully saturated rings. The average Bonchev–Trinajstić information content (AvgIpc) is 2.81. The number of rotatable bonds is 5. The molecule has 1 amide bonds. The van der Waals surface area contributed by atoms with Crippen molar-refractivity contribution in [2.75, 3.05) is 13.3 Å². The van der Waals surface area contributed by atoms with Crippen molar-refractivity contribution in [3.8, 4) is 0 Å². The maximum Gasteiger partial charge on any atom is 0.417 e. The normalized spacial score (nSPS) is 21.0. The topological polar surface area (TPSA) is 101 Å². The SMILES string of the molecule is CN(C(=O)c1ncc(C(F)(F)F)cc1S(C)(=O)=O)C1CCC(F)(S(=O)(=O)c2cc(F)cc(C(F)(F)F)c2)CC1. The molecule has 0 N–H and O–H groups in total. The van der Waals surface area contributed by atoms with Crippen molar-refractivity contribution in [2.24, 2.45) is 0 Å². The molecule has 0 aliphatic heterocycles. The second kappa shape index (κ2) is 9.98. The summed E-state index contributed by atoms with van der Waals surface area (Å²) in [4.78, 5) is 15.0. The number of nitrogens with zero attached hydrogens (tertiary/aromatic N) is 2. The minimum absolute atomic E-state index is 0.0570. The minimum Gasteiger partial charge on any atom is -0.337 e. The molecule has 0 spiro atoms. The van der Waals surface area contributed by atoms with E-state index in [9.17, 15) is 52.4 Å². The first-order valence-corrected chi connectivity index (χ1v) is 14.3. The molecular weight excluding hydrogens is 588 g/mol. The standard InChI is InChI=1S/C22H20F8N2O5S2/c1-32(19(33)18-17(38(2,34)35)9-13(11-31-18)22(28,29)30)15-3-5-20(24,6-4-15)39(36,37)16-8-12(21(25,26)27)7-14(23)10-16/h7-11,15H,3-6H2,1-2H3. The Hall–Kier alpha value is -2.82. The van der Waals surface area contributed by atoms with Crippen molar-refractivity contribution in [3.63, 3.8) is 0 Å². The Balaban J connectivity index is 1.86. The zero-order valence-corrected chi connectivity index (χ0v) is 21.7. The van der Waals surface area contributed by atoms with Crippen LogP contribution in [-0.2, 0) is 32.0 Å². The lowest BCUT2D eigenvalue weighted by Gasteiger charge is -2.37. The molecule has 0 radical (unpaired) electrons. The van der Waals surface area contributed by atoms with Gasteiger partial charge in [0.1, 0.15) is 11.5 Å². The summed E-state index contributed by atoms with van der Waals surface area (Å²) >= 11 is 0. The molecule has 3 rings (SSSR count). The fraction of sp³-hybridized carbons (Fsp3) is 0.455. The average molecular weight is 609 g/mol. The van der Waals surface area contributed by atoms with Crippen LogP contribution in [0, 0.1) is 5.82 Å². The number of alkyl halides is 7. The maximum absolute atomic E-state index is 15.6. The monoisotopic (exact) mass is 608 g/mol. The van der Waals surface area contributed by atoms with Gasteiger partial charge in [0.25, 0.3) is 5.91 Å². The van der Waals surface area contributed by atoms with Gasteiger partial charge in [-0.1, -0.05) is 0 Å². The number of hydrogen-bond donors (Lipinski definition) is 0. The molecule has 1 saturated carbocycles. The molecule has 1 aliphatic rings. The number of hydrogen-bond acceptors (Lipinski definition) is 6. The number of aromatic nitrogens is 1. The smallest absolute Gasteiger partial charge is 0.337 e. The first kappa shape index (κ1) is 30.7. The quantitative estimate of drug-likeness (QED) is 0.452. The number of sulfone groups is 2. The van der Waals surface area contributed by atoms with Gasteiger partial charge >= 0.3 is 12.4 Å². The van der Waals surface area contributed by atoms with Crippen LogP contribution >= 0.6 is 0 Å². The minimum atomic E-state index is -5.14. The van der Waals surface area contributed by atoms with Crippen molar-refractivity contribution in [1.29, 1.82) is 0 Å². The van der Waals surface area contributed by atoms with Crippen LogP contribution in [0.5, 0.6) is 0 Å². The largest absolute Gasteiger partial charge is 0.417 e. The third-order valence-electron chi connectivity index (χ3n) is 6.34. The predicted octanol–water partition coefficient (Wildman–Crippen LogP) is 4.82. The first-order valence-electron chi connectivity index (χ1n) is 10.9. The van der Waals surface area contributed by atoms with E-state index >= 15 is 4.39 Å². The van der Waals surface area contributed by atoms with E-state index in [0.29, 0.717) is 6.26 Å². The van der Waals surface area contributed by atoms with Crippen molar-refractivity contribution >= 4 is 25.6 Å². The van der Waals surface area contributed by atoms with Crippen LogP contribution in [0.1, 0.15) is 47.3 Å². The van der Waals surface area contributed by atoms with Crippen molar-refractivity contribution < 1.29 is 56.8 Å². The van der Waals surface area contributed by atoms with Gasteiger partial charge in [0.15, 0.2) is 9.84 Å². The molecule has 0 saturated heterocycles. The van der Waals surface area contributed by atoms with Gasteiger partial charge in [0, 0.05) is 25.5 Å². The molecule has 0 unspecified atom stereocenters. The fourth-order valence-corrected chi connectivity index (χ4v) is 6.74. The van der Waals surface area contributed by atoms with E-state index in [2.05, 4.69) is 4.98 Å². The van der Waals surface area contributed by atoms with Gasteiger partial charge in [-0.25, -0.2) is 30.6 Å². The summed E-state index contributed by atoms with van der Waals surface area (Å²) in [6.45, 7) is 0. The third-order valence-corrected chi connectivity index (χ3v) is 9.68. The zero-order chi connectivity index (χ0) is 29.8. The summed E-state index contributed by atoms with van der Waals surface area (Å²) in [6.07, 6.45) is -11.6. The van der Waals surface area contributed by atoms with Crippen molar-refractivity contribution in [3.05, 3.63) is 53.1 Å². The molecule has 1 heterocycles. The van der Waals surface area contributed by atoms with E-state index in [4.69, 9.17) is 0 Å². The number of carbonyl (C=O) groups is 1. The zero-order valence-electron chi connectivity index (χ0n) is 20.1. The van der Waals surface area contributed by atoms with Crippen LogP contribution < -0.4 is 0 Å². The summed E-state index contributed by atoms with van der Waals surface area (Å²) in [7, 11) is -8.39. The number of amides is 1. The lowest BCUT2D eigenvalue weighted by molar-refractivity contribution is -0.138. The Morgan fingerprint density at radius 2 is 1.49 bits per heavy atom. The van der Waals surface area contributed by atoms with E-state index in [-0.39, 0.29) is 43.3 Å². The molecule has 17 heteroatoms. The van der Waals surface area contributed by atoms with E-state index in [1.165, 1.54) is 0 Å². The number of halogens is 8. The first-order chi connectivity index (χ1) is 17.6. The molecule has 1 aliphatic carbocycles. The molecule has 0 atom stereocenters. The highest BCUT2D eigenvalue weighted by Crippen LogP contribution is 2.43. The van der Waals surface area contributed by atoms with Crippen molar-refractivity contribution in [2.45, 2.75) is 58.9 Å². The highest BCUT2D eigenvalue weighted by molar-refractivity contribution is 7.92. The van der Waals surface area contributed by atoms with Gasteiger partial charge in [0.05, 0.1) is 20.9 Å². The fourth-order valence-electron chi connectivity index (χ4n) is 4.16. The Bertz CT molecular complexity index is 1500. The third kappa shape index (κ3) is 6.18. The second-order valence-electron chi connectivity index (χ2n) is 9.05. The van der Waals surface area contributed by atoms with Crippen LogP contribution in [0.2, 0.25) is 0 Å². The van der Waals surface area contributed by atoms with E-state index < -0.39 is 94.2 Å². The Labute approximate surface area is 217 Å². The number of pyridine rings is 1. The molecule has 2 aromatic rings. The van der Waals surface area contributed by atoms with Gasteiger partial charge in [-0.05, 0) is 49.9 Å². The van der Waals surface area contributed by atoms with Gasteiger partial charge in [-0.3, -0.25) is 4.79 Å². The predicted molar refractivity (Wildman–Crippen MR) is 119 cm³/mol. The summed E-state index contributed by atoms with van der Waals surface area (Å²) in [6, 6.07) is -0.258. The van der Waals surface area contributed by atoms with E-state index in [1.807, 2.05) is 0 Å². The van der Waals surface area contributed by atoms with Gasteiger partial charge in [-0.2, -0.15) is 26.3 Å². The van der Waals surface area contributed by atoms with Crippen LogP contribution in [0.4, 0.5) is 35.1 Å². The van der Waals surface area contributed by atoms with Crippen LogP contribution in [0.25, 0.3) is 0 Å². The van der Waals surface area contributed by atoms with Crippen LogP contribution in [-0.4, -0.2) is 57.0 Å². The van der Waals surface area contributed by atoms with Gasteiger partial charge < -0.3 is 4.90 Å². The molecule has 1 aromatic heterocycles. The van der Waals surface area contributed by atoms with Gasteiger partial charge in [-0.15, -0.1) is 0 Å². The summed E-state index contributed by atoms with van der Waals surface area (Å²) in [5.74, 6) is -2.68. The second-order valence-corrected chi connectivity index (χ2v) is 13.2. The van der Waals surface area contributed by atoms with Crippen LogP contribution in [0.3, 0.4) is 0 Å². The summed E-state index contributed by atoms with van der Waals surface area (Å²) in [5, 5.41) is -3.12. The number of benzene rings is 1. The molecule has 216 valence electrons. The molecule has 39 heavy (non-hydrogen) atoms. The lowest BCUT2D eigenvalue weighted by atomic mass is 9.92. The number of carbonyl (C=O) groups excluding carboxylic acids is 1.